The topological polar surface area (TPSA) is 102 Å². The summed E-state index contributed by atoms with van der Waals surface area (Å²) >= 11 is 3.53. The van der Waals surface area contributed by atoms with E-state index in [0.717, 1.165) is 25.5 Å². The lowest BCUT2D eigenvalue weighted by Crippen LogP contribution is -2.43. The Labute approximate surface area is 236 Å². The number of halogens is 1. The van der Waals surface area contributed by atoms with Crippen LogP contribution >= 0.6 is 15.9 Å². The Morgan fingerprint density at radius 2 is 1.55 bits per heavy atom. The van der Waals surface area contributed by atoms with Crippen molar-refractivity contribution in [2.75, 3.05) is 5.32 Å². The molecule has 0 spiro atoms. The van der Waals surface area contributed by atoms with Crippen molar-refractivity contribution >= 4 is 54.6 Å². The lowest BCUT2D eigenvalue weighted by Gasteiger charge is -2.35. The summed E-state index contributed by atoms with van der Waals surface area (Å²) < 4.78 is 3.52. The molecule has 4 aromatic carbocycles. The summed E-state index contributed by atoms with van der Waals surface area (Å²) in [6.45, 7) is 0. The van der Waals surface area contributed by atoms with Crippen LogP contribution < -0.4 is 16.6 Å². The van der Waals surface area contributed by atoms with Crippen molar-refractivity contribution in [2.24, 2.45) is 14.1 Å². The van der Waals surface area contributed by atoms with Gasteiger partial charge in [0.25, 0.3) is 5.56 Å². The standard InChI is InChI=1S/C31H24BrN5O3/c1-36-29-24(30(39)37(2)31(36)40)20(16-8-4-3-5-9-16)15-23(35-29)25-27-26(18-10-6-7-11-19(18)28(25)38)34-22-14-17(32)12-13-21(22)33-27/h3-14,20,23,35,38H,15H2,1-2H3. The molecule has 6 aromatic rings. The summed E-state index contributed by atoms with van der Waals surface area (Å²) in [5.41, 5.74) is 4.00. The first-order valence-electron chi connectivity index (χ1n) is 13.0. The summed E-state index contributed by atoms with van der Waals surface area (Å²) in [6, 6.07) is 22.7. The highest BCUT2D eigenvalue weighted by molar-refractivity contribution is 9.10. The molecule has 2 N–H and O–H groups in total. The molecule has 0 amide bonds. The van der Waals surface area contributed by atoms with Crippen LogP contribution in [0, 0.1) is 0 Å². The van der Waals surface area contributed by atoms with Crippen LogP contribution in [-0.2, 0) is 14.1 Å². The quantitative estimate of drug-likeness (QED) is 0.203. The molecule has 0 fully saturated rings. The van der Waals surface area contributed by atoms with Crippen molar-refractivity contribution in [1.29, 1.82) is 0 Å². The predicted octanol–water partition coefficient (Wildman–Crippen LogP) is 5.49. The number of nitrogens with zero attached hydrogens (tertiary/aromatic N) is 4. The molecule has 9 heteroatoms. The number of aromatic hydroxyl groups is 1. The van der Waals surface area contributed by atoms with Gasteiger partial charge in [0.1, 0.15) is 11.6 Å². The van der Waals surface area contributed by atoms with Gasteiger partial charge in [-0.1, -0.05) is 70.5 Å². The van der Waals surface area contributed by atoms with E-state index in [1.807, 2.05) is 72.8 Å². The maximum Gasteiger partial charge on any atom is 0.332 e. The lowest BCUT2D eigenvalue weighted by molar-refractivity contribution is 0.463. The zero-order valence-electron chi connectivity index (χ0n) is 21.7. The number of anilines is 1. The third-order valence-corrected chi connectivity index (χ3v) is 8.45. The van der Waals surface area contributed by atoms with E-state index in [9.17, 15) is 14.7 Å². The van der Waals surface area contributed by atoms with E-state index in [1.54, 1.807) is 7.05 Å². The van der Waals surface area contributed by atoms with Crippen LogP contribution in [0.25, 0.3) is 32.8 Å². The number of rotatable bonds is 2. The first-order valence-corrected chi connectivity index (χ1v) is 13.7. The van der Waals surface area contributed by atoms with Gasteiger partial charge in [-0.25, -0.2) is 14.8 Å². The second kappa shape index (κ2) is 9.02. The molecular formula is C31H24BrN5O3. The second-order valence-corrected chi connectivity index (χ2v) is 11.1. The monoisotopic (exact) mass is 593 g/mol. The van der Waals surface area contributed by atoms with Gasteiger partial charge < -0.3 is 10.4 Å². The number of hydrogen-bond acceptors (Lipinski definition) is 6. The zero-order chi connectivity index (χ0) is 27.7. The van der Waals surface area contributed by atoms with Crippen LogP contribution in [0.1, 0.15) is 35.1 Å². The number of aromatic nitrogens is 4. The fraction of sp³-hybridized carbons (Fsp3) is 0.161. The Balaban J connectivity index is 1.56. The maximum absolute atomic E-state index is 13.5. The van der Waals surface area contributed by atoms with Gasteiger partial charge >= 0.3 is 5.69 Å². The second-order valence-electron chi connectivity index (χ2n) is 10.2. The van der Waals surface area contributed by atoms with Crippen molar-refractivity contribution < 1.29 is 5.11 Å². The number of nitrogens with one attached hydrogen (secondary N) is 1. The minimum atomic E-state index is -0.468. The first kappa shape index (κ1) is 24.5. The Kier molecular flexibility index (Phi) is 5.54. The van der Waals surface area contributed by atoms with E-state index in [0.29, 0.717) is 45.3 Å². The average molecular weight is 594 g/mol. The Morgan fingerprint density at radius 3 is 2.33 bits per heavy atom. The molecule has 40 heavy (non-hydrogen) atoms. The minimum absolute atomic E-state index is 0.107. The number of phenolic OH excluding ortho intramolecular Hbond substituents is 1. The van der Waals surface area contributed by atoms with E-state index in [4.69, 9.17) is 9.97 Å². The number of hydrogen-bond donors (Lipinski definition) is 2. The van der Waals surface area contributed by atoms with Gasteiger partial charge in [-0.3, -0.25) is 13.9 Å². The molecule has 7 rings (SSSR count). The normalized spacial score (nSPS) is 16.8. The van der Waals surface area contributed by atoms with Crippen LogP contribution in [0.15, 0.2) is 86.9 Å². The van der Waals surface area contributed by atoms with E-state index >= 15 is 0 Å². The van der Waals surface area contributed by atoms with Crippen LogP contribution in [0.2, 0.25) is 0 Å². The summed E-state index contributed by atoms with van der Waals surface area (Å²) in [4.78, 5) is 36.5. The highest BCUT2D eigenvalue weighted by Gasteiger charge is 2.36. The summed E-state index contributed by atoms with van der Waals surface area (Å²) in [6.07, 6.45) is 0.464. The van der Waals surface area contributed by atoms with E-state index in [-0.39, 0.29) is 17.2 Å². The maximum atomic E-state index is 13.5. The number of phenols is 1. The molecule has 3 heterocycles. The average Bonchev–Trinajstić information content (AvgIpc) is 2.98. The van der Waals surface area contributed by atoms with E-state index in [2.05, 4.69) is 21.2 Å². The third kappa shape index (κ3) is 3.57. The lowest BCUT2D eigenvalue weighted by atomic mass is 9.81. The van der Waals surface area contributed by atoms with E-state index < -0.39 is 11.7 Å². The summed E-state index contributed by atoms with van der Waals surface area (Å²) in [5, 5.41) is 16.7. The molecule has 0 radical (unpaired) electrons. The molecule has 2 aromatic heterocycles. The van der Waals surface area contributed by atoms with Crippen LogP contribution in [0.3, 0.4) is 0 Å². The molecule has 0 bridgehead atoms. The highest BCUT2D eigenvalue weighted by atomic mass is 79.9. The van der Waals surface area contributed by atoms with Crippen molar-refractivity contribution in [3.05, 3.63) is 115 Å². The van der Waals surface area contributed by atoms with Gasteiger partial charge in [0.2, 0.25) is 0 Å². The Morgan fingerprint density at radius 1 is 0.850 bits per heavy atom. The number of benzene rings is 4. The predicted molar refractivity (Wildman–Crippen MR) is 160 cm³/mol. The van der Waals surface area contributed by atoms with Crippen molar-refractivity contribution in [1.82, 2.24) is 19.1 Å². The molecule has 1 aliphatic rings. The molecule has 2 atom stereocenters. The molecule has 8 nitrogen and oxygen atoms in total. The molecular weight excluding hydrogens is 570 g/mol. The van der Waals surface area contributed by atoms with Gasteiger partial charge in [0.15, 0.2) is 0 Å². The van der Waals surface area contributed by atoms with Crippen molar-refractivity contribution in [3.63, 3.8) is 0 Å². The molecule has 1 aliphatic heterocycles. The first-order chi connectivity index (χ1) is 19.3. The van der Waals surface area contributed by atoms with Gasteiger partial charge in [0.05, 0.1) is 33.7 Å². The van der Waals surface area contributed by atoms with Crippen molar-refractivity contribution in [3.8, 4) is 5.75 Å². The fourth-order valence-electron chi connectivity index (χ4n) is 6.00. The van der Waals surface area contributed by atoms with Crippen LogP contribution in [0.5, 0.6) is 5.75 Å². The van der Waals surface area contributed by atoms with Gasteiger partial charge in [-0.15, -0.1) is 0 Å². The van der Waals surface area contributed by atoms with Crippen LogP contribution in [-0.4, -0.2) is 24.2 Å². The smallest absolute Gasteiger partial charge is 0.332 e. The summed E-state index contributed by atoms with van der Waals surface area (Å²) in [7, 11) is 3.16. The highest BCUT2D eigenvalue weighted by Crippen LogP contribution is 2.47. The number of fused-ring (bicyclic) bond motifs is 5. The van der Waals surface area contributed by atoms with Crippen LogP contribution in [0.4, 0.5) is 5.82 Å². The van der Waals surface area contributed by atoms with Gasteiger partial charge in [0, 0.05) is 40.8 Å². The SMILES string of the molecule is Cn1c2c(c(=O)n(C)c1=O)C(c1ccccc1)CC(c1c(O)c3ccccc3c3nc4cc(Br)ccc4nc13)N2. The minimum Gasteiger partial charge on any atom is -0.507 e. The van der Waals surface area contributed by atoms with Gasteiger partial charge in [-0.2, -0.15) is 0 Å². The fourth-order valence-corrected chi connectivity index (χ4v) is 6.35. The van der Waals surface area contributed by atoms with Gasteiger partial charge in [-0.05, 0) is 30.2 Å². The Hall–Kier alpha value is -4.50. The molecule has 2 unspecified atom stereocenters. The molecule has 0 aliphatic carbocycles. The van der Waals surface area contributed by atoms with Crippen molar-refractivity contribution in [2.45, 2.75) is 18.4 Å². The molecule has 0 saturated carbocycles. The zero-order valence-corrected chi connectivity index (χ0v) is 23.3. The largest absolute Gasteiger partial charge is 0.507 e. The van der Waals surface area contributed by atoms with E-state index in [1.165, 1.54) is 11.6 Å². The molecule has 198 valence electrons. The third-order valence-electron chi connectivity index (χ3n) is 7.95. The summed E-state index contributed by atoms with van der Waals surface area (Å²) in [5.74, 6) is 0.227. The Bertz CT molecular complexity index is 2120. The molecule has 0 saturated heterocycles.